The van der Waals surface area contributed by atoms with Gasteiger partial charge < -0.3 is 10.1 Å². The summed E-state index contributed by atoms with van der Waals surface area (Å²) in [5.74, 6) is -1.89. The van der Waals surface area contributed by atoms with Gasteiger partial charge in [0, 0.05) is 17.1 Å². The van der Waals surface area contributed by atoms with E-state index in [1.807, 2.05) is 0 Å². The molecule has 0 amide bonds. The molecule has 0 bridgehead atoms. The number of nitrogens with one attached hydrogen (secondary N) is 1. The fraction of sp³-hybridized carbons (Fsp3) is 0.300. The Morgan fingerprint density at radius 1 is 1.53 bits per heavy atom. The highest BCUT2D eigenvalue weighted by atomic mass is 79.9. The van der Waals surface area contributed by atoms with Crippen molar-refractivity contribution >= 4 is 43.5 Å². The number of alkyl halides is 1. The van der Waals surface area contributed by atoms with Gasteiger partial charge in [0.25, 0.3) is 0 Å². The lowest BCUT2D eigenvalue weighted by Crippen LogP contribution is -2.24. The molecule has 1 N–H and O–H groups in total. The number of carbonyl (C=O) groups is 1. The molecule has 94 valence electrons. The number of esters is 1. The van der Waals surface area contributed by atoms with Crippen LogP contribution in [0.2, 0.25) is 0 Å². The lowest BCUT2D eigenvalue weighted by Gasteiger charge is -2.12. The van der Waals surface area contributed by atoms with Crippen LogP contribution in [0.3, 0.4) is 0 Å². The van der Waals surface area contributed by atoms with Crippen LogP contribution in [-0.4, -0.2) is 24.5 Å². The van der Waals surface area contributed by atoms with Gasteiger partial charge in [-0.05, 0) is 22.0 Å². The lowest BCUT2D eigenvalue weighted by atomic mass is 10.3. The zero-order chi connectivity index (χ0) is 13.0. The number of halogens is 4. The van der Waals surface area contributed by atoms with E-state index in [2.05, 4.69) is 41.9 Å². The third kappa shape index (κ3) is 3.92. The first kappa shape index (κ1) is 14.4. The third-order valence-electron chi connectivity index (χ3n) is 1.92. The molecule has 0 saturated carbocycles. The quantitative estimate of drug-likeness (QED) is 0.652. The van der Waals surface area contributed by atoms with Crippen LogP contribution in [0.15, 0.2) is 16.6 Å². The van der Waals surface area contributed by atoms with E-state index in [-0.39, 0.29) is 16.7 Å². The van der Waals surface area contributed by atoms with Crippen LogP contribution < -0.4 is 5.32 Å². The summed E-state index contributed by atoms with van der Waals surface area (Å²) in [4.78, 5) is 10.5. The van der Waals surface area contributed by atoms with Crippen LogP contribution in [0.1, 0.15) is 0 Å². The minimum Gasteiger partial charge on any atom is -0.468 e. The van der Waals surface area contributed by atoms with Crippen LogP contribution >= 0.6 is 31.9 Å². The summed E-state index contributed by atoms with van der Waals surface area (Å²) >= 11 is 6.10. The van der Waals surface area contributed by atoms with E-state index in [9.17, 15) is 13.6 Å². The average Bonchev–Trinajstić information content (AvgIpc) is 2.26. The molecule has 0 aliphatic heterocycles. The normalized spacial score (nSPS) is 12.1. The molecule has 0 radical (unpaired) electrons. The first-order chi connectivity index (χ1) is 7.95. The van der Waals surface area contributed by atoms with Gasteiger partial charge in [0.05, 0.1) is 12.8 Å². The van der Waals surface area contributed by atoms with Crippen molar-refractivity contribution in [2.75, 3.05) is 19.0 Å². The predicted octanol–water partition coefficient (Wildman–Crippen LogP) is 3.08. The number of hydrogen-bond donors (Lipinski definition) is 1. The minimum atomic E-state index is -0.735. The summed E-state index contributed by atoms with van der Waals surface area (Å²) in [5.41, 5.74) is 0.0970. The van der Waals surface area contributed by atoms with Crippen LogP contribution in [0.4, 0.5) is 14.5 Å². The molecule has 1 aromatic rings. The summed E-state index contributed by atoms with van der Waals surface area (Å²) in [6, 6.07) is 1.89. The minimum absolute atomic E-state index is 0.0970. The molecule has 17 heavy (non-hydrogen) atoms. The molecule has 1 rings (SSSR count). The Kier molecular flexibility index (Phi) is 5.32. The maximum Gasteiger partial charge on any atom is 0.321 e. The van der Waals surface area contributed by atoms with Gasteiger partial charge in [-0.1, -0.05) is 15.9 Å². The van der Waals surface area contributed by atoms with E-state index in [1.165, 1.54) is 7.11 Å². The molecule has 1 aromatic carbocycles. The highest BCUT2D eigenvalue weighted by Crippen LogP contribution is 2.27. The Hall–Kier alpha value is -0.690. The third-order valence-corrected chi connectivity index (χ3v) is 3.24. The molecule has 0 aromatic heterocycles. The monoisotopic (exact) mass is 371 g/mol. The summed E-state index contributed by atoms with van der Waals surface area (Å²) in [5, 5.41) is 2.69. The Morgan fingerprint density at radius 2 is 2.18 bits per heavy atom. The van der Waals surface area contributed by atoms with E-state index < -0.39 is 22.4 Å². The van der Waals surface area contributed by atoms with E-state index in [4.69, 9.17) is 0 Å². The molecular weight excluding hydrogens is 364 g/mol. The average molecular weight is 373 g/mol. The van der Waals surface area contributed by atoms with Crippen molar-refractivity contribution in [1.82, 2.24) is 0 Å². The fourth-order valence-electron chi connectivity index (χ4n) is 1.11. The summed E-state index contributed by atoms with van der Waals surface area (Å²) in [6.07, 6.45) is 0. The number of ether oxygens (including phenoxy) is 1. The van der Waals surface area contributed by atoms with Gasteiger partial charge in [-0.15, -0.1) is 0 Å². The van der Waals surface area contributed by atoms with Crippen molar-refractivity contribution in [3.8, 4) is 0 Å². The molecule has 0 aliphatic rings. The number of rotatable bonds is 4. The van der Waals surface area contributed by atoms with Gasteiger partial charge in [0.2, 0.25) is 0 Å². The van der Waals surface area contributed by atoms with Gasteiger partial charge in [0.15, 0.2) is 0 Å². The predicted molar refractivity (Wildman–Crippen MR) is 67.3 cm³/mol. The van der Waals surface area contributed by atoms with Crippen molar-refractivity contribution in [3.05, 3.63) is 28.2 Å². The van der Waals surface area contributed by atoms with Crippen molar-refractivity contribution in [3.63, 3.8) is 0 Å². The standard InChI is InChI=1S/C10H9Br2F2NO2/c1-17-10(16)7(12)4-15-9-6(11)2-5(13)3-8(9)14/h2-3,7,15H,4H2,1H3. The number of methoxy groups -OCH3 is 1. The maximum atomic E-state index is 13.4. The van der Waals surface area contributed by atoms with E-state index >= 15 is 0 Å². The molecule has 0 fully saturated rings. The molecule has 1 atom stereocenters. The second kappa shape index (κ2) is 6.30. The van der Waals surface area contributed by atoms with Gasteiger partial charge in [0.1, 0.15) is 16.5 Å². The second-order valence-electron chi connectivity index (χ2n) is 3.12. The van der Waals surface area contributed by atoms with Crippen LogP contribution in [-0.2, 0) is 9.53 Å². The van der Waals surface area contributed by atoms with Gasteiger partial charge in [-0.2, -0.15) is 0 Å². The van der Waals surface area contributed by atoms with E-state index in [1.54, 1.807) is 0 Å². The van der Waals surface area contributed by atoms with Gasteiger partial charge in [-0.3, -0.25) is 4.79 Å². The summed E-state index contributed by atoms with van der Waals surface area (Å²) in [6.45, 7) is 0.119. The number of carbonyl (C=O) groups excluding carboxylic acids is 1. The van der Waals surface area contributed by atoms with Crippen LogP contribution in [0.25, 0.3) is 0 Å². The van der Waals surface area contributed by atoms with Crippen molar-refractivity contribution in [2.45, 2.75) is 4.83 Å². The SMILES string of the molecule is COC(=O)C(Br)CNc1c(F)cc(F)cc1Br. The van der Waals surface area contributed by atoms with Crippen molar-refractivity contribution in [2.24, 2.45) is 0 Å². The topological polar surface area (TPSA) is 38.3 Å². The number of anilines is 1. The molecule has 7 heteroatoms. The highest BCUT2D eigenvalue weighted by molar-refractivity contribution is 9.10. The first-order valence-electron chi connectivity index (χ1n) is 4.56. The lowest BCUT2D eigenvalue weighted by molar-refractivity contribution is -0.139. The molecule has 0 spiro atoms. The Bertz CT molecular complexity index is 406. The Morgan fingerprint density at radius 3 is 2.71 bits per heavy atom. The van der Waals surface area contributed by atoms with Gasteiger partial charge in [-0.25, -0.2) is 8.78 Å². The van der Waals surface area contributed by atoms with Crippen molar-refractivity contribution < 1.29 is 18.3 Å². The van der Waals surface area contributed by atoms with E-state index in [0.29, 0.717) is 0 Å². The summed E-state index contributed by atoms with van der Waals surface area (Å²) < 4.78 is 30.9. The van der Waals surface area contributed by atoms with Crippen LogP contribution in [0.5, 0.6) is 0 Å². The zero-order valence-corrected chi connectivity index (χ0v) is 11.9. The molecular formula is C10H9Br2F2NO2. The first-order valence-corrected chi connectivity index (χ1v) is 6.27. The molecule has 0 aliphatic carbocycles. The van der Waals surface area contributed by atoms with Crippen molar-refractivity contribution in [1.29, 1.82) is 0 Å². The van der Waals surface area contributed by atoms with E-state index in [0.717, 1.165) is 12.1 Å². The molecule has 3 nitrogen and oxygen atoms in total. The smallest absolute Gasteiger partial charge is 0.321 e. The molecule has 0 heterocycles. The largest absolute Gasteiger partial charge is 0.468 e. The highest BCUT2D eigenvalue weighted by Gasteiger charge is 2.16. The fourth-order valence-corrected chi connectivity index (χ4v) is 2.01. The van der Waals surface area contributed by atoms with Crippen LogP contribution in [0, 0.1) is 11.6 Å². The second-order valence-corrected chi connectivity index (χ2v) is 5.08. The molecule has 1 unspecified atom stereocenters. The summed E-state index contributed by atoms with van der Waals surface area (Å²) in [7, 11) is 1.25. The number of hydrogen-bond acceptors (Lipinski definition) is 3. The Balaban J connectivity index is 2.73. The van der Waals surface area contributed by atoms with Gasteiger partial charge >= 0.3 is 5.97 Å². The molecule has 0 saturated heterocycles. The maximum absolute atomic E-state index is 13.4. The number of benzene rings is 1. The Labute approximate surface area is 114 Å². The zero-order valence-electron chi connectivity index (χ0n) is 8.77.